The van der Waals surface area contributed by atoms with E-state index in [0.717, 1.165) is 5.57 Å². The van der Waals surface area contributed by atoms with Crippen LogP contribution in [0.15, 0.2) is 30.4 Å². The summed E-state index contributed by atoms with van der Waals surface area (Å²) in [5.41, 5.74) is -1.20. The van der Waals surface area contributed by atoms with Crippen LogP contribution in [0.1, 0.15) is 28.4 Å². The zero-order chi connectivity index (χ0) is 22.9. The number of ketones is 1. The quantitative estimate of drug-likeness (QED) is 0.611. The molecule has 5 rings (SSSR count). The number of aliphatic hydroxyl groups excluding tert-OH is 1. The van der Waals surface area contributed by atoms with Gasteiger partial charge >= 0.3 is 0 Å². The maximum Gasteiger partial charge on any atom is 0.238 e. The van der Waals surface area contributed by atoms with Crippen LogP contribution < -0.4 is 23.7 Å². The summed E-state index contributed by atoms with van der Waals surface area (Å²) in [7, 11) is 2.83. The molecule has 0 fully saturated rings. The third-order valence-electron chi connectivity index (χ3n) is 6.16. The summed E-state index contributed by atoms with van der Waals surface area (Å²) in [6.07, 6.45) is -3.16. The lowest BCUT2D eigenvalue weighted by atomic mass is 9.76. The van der Waals surface area contributed by atoms with E-state index in [9.17, 15) is 20.1 Å². The molecule has 9 heteroatoms. The molecule has 2 aromatic rings. The summed E-state index contributed by atoms with van der Waals surface area (Å²) in [4.78, 5) is 13.7. The average Bonchev–Trinajstić information content (AvgIpc) is 3.19. The maximum absolute atomic E-state index is 13.7. The van der Waals surface area contributed by atoms with Gasteiger partial charge < -0.3 is 39.0 Å². The maximum atomic E-state index is 13.7. The number of carbonyl (C=O) groups excluding carboxylic acids is 1. The van der Waals surface area contributed by atoms with E-state index in [2.05, 4.69) is 6.58 Å². The van der Waals surface area contributed by atoms with Crippen LogP contribution >= 0.6 is 0 Å². The van der Waals surface area contributed by atoms with Gasteiger partial charge in [0.1, 0.15) is 34.7 Å². The first-order chi connectivity index (χ1) is 15.2. The van der Waals surface area contributed by atoms with E-state index in [0.29, 0.717) is 17.7 Å². The van der Waals surface area contributed by atoms with Crippen molar-refractivity contribution in [3.8, 4) is 34.5 Å². The molecule has 32 heavy (non-hydrogen) atoms. The van der Waals surface area contributed by atoms with Gasteiger partial charge in [0.15, 0.2) is 17.1 Å². The van der Waals surface area contributed by atoms with E-state index in [1.165, 1.54) is 32.4 Å². The highest BCUT2D eigenvalue weighted by atomic mass is 16.6. The molecule has 4 atom stereocenters. The molecule has 0 saturated carbocycles. The molecule has 0 aliphatic carbocycles. The Balaban J connectivity index is 1.70. The number of carbonyl (C=O) groups is 1. The number of rotatable bonds is 3. The number of phenols is 1. The van der Waals surface area contributed by atoms with Crippen molar-refractivity contribution in [2.24, 2.45) is 0 Å². The van der Waals surface area contributed by atoms with Crippen LogP contribution in [0.25, 0.3) is 0 Å². The predicted octanol–water partition coefficient (Wildman–Crippen LogP) is 1.83. The molecule has 3 aliphatic heterocycles. The second-order valence-corrected chi connectivity index (χ2v) is 8.08. The minimum atomic E-state index is -2.35. The third kappa shape index (κ3) is 2.55. The van der Waals surface area contributed by atoms with Gasteiger partial charge in [0.25, 0.3) is 0 Å². The number of hydrogen-bond acceptors (Lipinski definition) is 9. The fourth-order valence-corrected chi connectivity index (χ4v) is 4.49. The van der Waals surface area contributed by atoms with E-state index in [1.807, 2.05) is 6.92 Å². The van der Waals surface area contributed by atoms with Crippen molar-refractivity contribution in [1.82, 2.24) is 0 Å². The molecule has 0 radical (unpaired) electrons. The van der Waals surface area contributed by atoms with E-state index in [4.69, 9.17) is 23.7 Å². The minimum absolute atomic E-state index is 0.0251. The molecule has 0 aromatic heterocycles. The fraction of sp³-hybridized carbons (Fsp3) is 0.348. The average molecular weight is 442 g/mol. The first-order valence-electron chi connectivity index (χ1n) is 9.96. The Labute approximate surface area is 183 Å². The van der Waals surface area contributed by atoms with Crippen molar-refractivity contribution in [3.05, 3.63) is 47.0 Å². The Morgan fingerprint density at radius 1 is 1.12 bits per heavy atom. The summed E-state index contributed by atoms with van der Waals surface area (Å²) in [5.74, 6) is -0.276. The summed E-state index contributed by atoms with van der Waals surface area (Å²) in [5, 5.41) is 33.0. The molecule has 0 saturated heterocycles. The van der Waals surface area contributed by atoms with E-state index in [1.54, 1.807) is 0 Å². The van der Waals surface area contributed by atoms with Crippen LogP contribution in [0.4, 0.5) is 0 Å². The number of aromatic hydroxyl groups is 1. The van der Waals surface area contributed by atoms with Crippen molar-refractivity contribution < 1.29 is 43.8 Å². The number of aliphatic hydroxyl groups is 2. The SMILES string of the molecule is C=C(C)[C@H]1Cc2c(cc(O)c3c2O[C@@H]2[C@H](O)Oc4cc(OC)c(OC)cc4[C@]2(O)C3=O)O1. The van der Waals surface area contributed by atoms with Crippen molar-refractivity contribution >= 4 is 5.78 Å². The summed E-state index contributed by atoms with van der Waals surface area (Å²) >= 11 is 0. The summed E-state index contributed by atoms with van der Waals surface area (Å²) in [6.45, 7) is 5.71. The lowest BCUT2D eigenvalue weighted by molar-refractivity contribution is -0.179. The minimum Gasteiger partial charge on any atom is -0.507 e. The van der Waals surface area contributed by atoms with Crippen molar-refractivity contribution in [1.29, 1.82) is 0 Å². The molecule has 2 aromatic carbocycles. The Morgan fingerprint density at radius 2 is 1.81 bits per heavy atom. The monoisotopic (exact) mass is 442 g/mol. The molecule has 3 heterocycles. The highest BCUT2D eigenvalue weighted by Gasteiger charge is 2.61. The molecular weight excluding hydrogens is 420 g/mol. The second kappa shape index (κ2) is 6.78. The third-order valence-corrected chi connectivity index (χ3v) is 6.16. The van der Waals surface area contributed by atoms with Gasteiger partial charge in [0.05, 0.1) is 14.2 Å². The molecule has 168 valence electrons. The molecule has 0 amide bonds. The topological polar surface area (TPSA) is 124 Å². The first-order valence-corrected chi connectivity index (χ1v) is 9.96. The lowest BCUT2D eigenvalue weighted by Gasteiger charge is -2.45. The van der Waals surface area contributed by atoms with E-state index >= 15 is 0 Å². The number of phenolic OH excluding ortho intramolecular Hbond substituents is 1. The first kappa shape index (κ1) is 20.5. The zero-order valence-electron chi connectivity index (χ0n) is 17.7. The summed E-state index contributed by atoms with van der Waals surface area (Å²) in [6, 6.07) is 4.12. The van der Waals surface area contributed by atoms with Crippen LogP contribution in [0, 0.1) is 0 Å². The second-order valence-electron chi connectivity index (χ2n) is 8.08. The lowest BCUT2D eigenvalue weighted by Crippen LogP contribution is -2.61. The van der Waals surface area contributed by atoms with Crippen LogP contribution in [0.5, 0.6) is 34.5 Å². The van der Waals surface area contributed by atoms with E-state index in [-0.39, 0.29) is 40.2 Å². The van der Waals surface area contributed by atoms with Gasteiger partial charge in [0.2, 0.25) is 18.2 Å². The van der Waals surface area contributed by atoms with Gasteiger partial charge in [-0.05, 0) is 18.6 Å². The number of Topliss-reactive ketones (excluding diaryl/α,β-unsaturated/α-hetero) is 1. The number of ether oxygens (including phenoxy) is 5. The normalized spacial score (nSPS) is 27.0. The Kier molecular flexibility index (Phi) is 4.34. The van der Waals surface area contributed by atoms with Crippen LogP contribution in [-0.2, 0) is 12.0 Å². The smallest absolute Gasteiger partial charge is 0.238 e. The number of methoxy groups -OCH3 is 2. The molecule has 3 N–H and O–H groups in total. The molecule has 3 aliphatic rings. The van der Waals surface area contributed by atoms with Crippen molar-refractivity contribution in [3.63, 3.8) is 0 Å². The van der Waals surface area contributed by atoms with Gasteiger partial charge in [-0.15, -0.1) is 0 Å². The summed E-state index contributed by atoms with van der Waals surface area (Å²) < 4.78 is 27.9. The molecule has 0 spiro atoms. The number of fused-ring (bicyclic) bond motifs is 6. The zero-order valence-corrected chi connectivity index (χ0v) is 17.7. The van der Waals surface area contributed by atoms with Crippen LogP contribution in [0.3, 0.4) is 0 Å². The van der Waals surface area contributed by atoms with E-state index < -0.39 is 29.5 Å². The van der Waals surface area contributed by atoms with Gasteiger partial charge in [-0.3, -0.25) is 4.79 Å². The van der Waals surface area contributed by atoms with Crippen LogP contribution in [0.2, 0.25) is 0 Å². The molecule has 0 unspecified atom stereocenters. The molecule has 9 nitrogen and oxygen atoms in total. The van der Waals surface area contributed by atoms with Gasteiger partial charge in [-0.25, -0.2) is 0 Å². The van der Waals surface area contributed by atoms with Gasteiger partial charge in [-0.2, -0.15) is 0 Å². The number of hydrogen-bond donors (Lipinski definition) is 3. The fourth-order valence-electron chi connectivity index (χ4n) is 4.49. The Hall–Kier alpha value is -3.43. The number of benzene rings is 2. The molecular formula is C23H22O9. The largest absolute Gasteiger partial charge is 0.507 e. The highest BCUT2D eigenvalue weighted by Crippen LogP contribution is 2.54. The molecule has 0 bridgehead atoms. The van der Waals surface area contributed by atoms with Gasteiger partial charge in [0, 0.05) is 29.7 Å². The predicted molar refractivity (Wildman–Crippen MR) is 110 cm³/mol. The Morgan fingerprint density at radius 3 is 2.47 bits per heavy atom. The Bertz CT molecular complexity index is 1170. The van der Waals surface area contributed by atoms with Crippen molar-refractivity contribution in [2.75, 3.05) is 14.2 Å². The van der Waals surface area contributed by atoms with Gasteiger partial charge in [-0.1, -0.05) is 6.58 Å². The van der Waals surface area contributed by atoms with Crippen molar-refractivity contribution in [2.45, 2.75) is 37.4 Å². The highest BCUT2D eigenvalue weighted by molar-refractivity contribution is 6.09. The standard InChI is InChI=1S/C23H22O9/c1-9(2)13-5-10-14(30-13)7-12(24)18-19(10)32-21-22(26)31-15-8-17(29-4)16(28-3)6-11(15)23(21,27)20(18)25/h6-8,13,21-22,24,26-27H,1,5H2,2-4H3/t13-,21-,22-,23+/m1/s1. The van der Waals surface area contributed by atoms with Crippen LogP contribution in [-0.4, -0.2) is 53.8 Å².